The smallest absolute Gasteiger partial charge is 0.0348 e. The zero-order valence-electron chi connectivity index (χ0n) is 12.1. The van der Waals surface area contributed by atoms with Gasteiger partial charge in [-0.25, -0.2) is 0 Å². The van der Waals surface area contributed by atoms with Gasteiger partial charge in [-0.15, -0.1) is 0 Å². The number of nitrogens with one attached hydrogen (secondary N) is 1. The third-order valence-electron chi connectivity index (χ3n) is 5.30. The molecule has 0 aromatic heterocycles. The third kappa shape index (κ3) is 2.44. The van der Waals surface area contributed by atoms with Gasteiger partial charge in [-0.2, -0.15) is 0 Å². The fourth-order valence-electron chi connectivity index (χ4n) is 4.01. The predicted molar refractivity (Wildman–Crippen MR) is 85.8 cm³/mol. The summed E-state index contributed by atoms with van der Waals surface area (Å²) in [5.41, 5.74) is 4.61. The van der Waals surface area contributed by atoms with Gasteiger partial charge in [-0.3, -0.25) is 0 Å². The molecule has 1 atom stereocenters. The number of anilines is 1. The van der Waals surface area contributed by atoms with Crippen molar-refractivity contribution in [3.8, 4) is 0 Å². The second-order valence-electron chi connectivity index (χ2n) is 6.58. The first kappa shape index (κ1) is 13.5. The summed E-state index contributed by atoms with van der Waals surface area (Å²) in [6.07, 6.45) is 10.0. The van der Waals surface area contributed by atoms with Crippen LogP contribution in [0.5, 0.6) is 0 Å². The molecule has 0 amide bonds. The molecule has 0 bridgehead atoms. The fraction of sp³-hybridized carbons (Fsp3) is 0.647. The van der Waals surface area contributed by atoms with Crippen LogP contribution in [0.15, 0.2) is 16.6 Å². The van der Waals surface area contributed by atoms with E-state index in [9.17, 15) is 0 Å². The molecule has 2 heteroatoms. The van der Waals surface area contributed by atoms with Crippen LogP contribution in [0.3, 0.4) is 0 Å². The highest BCUT2D eigenvalue weighted by Gasteiger charge is 2.46. The normalized spacial score (nSPS) is 25.1. The van der Waals surface area contributed by atoms with Crippen LogP contribution in [-0.4, -0.2) is 6.04 Å². The topological polar surface area (TPSA) is 12.0 Å². The highest BCUT2D eigenvalue weighted by Crippen LogP contribution is 2.52. The molecule has 2 aliphatic rings. The van der Waals surface area contributed by atoms with Crippen molar-refractivity contribution in [2.45, 2.75) is 64.8 Å². The molecule has 0 saturated heterocycles. The summed E-state index contributed by atoms with van der Waals surface area (Å²) in [5, 5.41) is 3.83. The quantitative estimate of drug-likeness (QED) is 0.748. The summed E-state index contributed by atoms with van der Waals surface area (Å²) in [4.78, 5) is 0. The van der Waals surface area contributed by atoms with Crippen molar-refractivity contribution in [3.05, 3.63) is 27.7 Å². The Balaban J connectivity index is 1.75. The van der Waals surface area contributed by atoms with Gasteiger partial charge in [0.15, 0.2) is 0 Å². The number of halogens is 1. The molecule has 1 spiro atoms. The van der Waals surface area contributed by atoms with Gasteiger partial charge < -0.3 is 5.32 Å². The second kappa shape index (κ2) is 5.12. The van der Waals surface area contributed by atoms with Crippen LogP contribution in [0.2, 0.25) is 0 Å². The van der Waals surface area contributed by atoms with Gasteiger partial charge in [-0.1, -0.05) is 35.2 Å². The van der Waals surface area contributed by atoms with Gasteiger partial charge in [-0.05, 0) is 68.2 Å². The standard InChI is InChI=1S/C17H24BrN/c1-12-10-14(11-13(2)16(12)18)19-15-6-9-17(15)7-4-3-5-8-17/h10-11,15,19H,3-9H2,1-2H3. The highest BCUT2D eigenvalue weighted by molar-refractivity contribution is 9.10. The van der Waals surface area contributed by atoms with Crippen molar-refractivity contribution >= 4 is 21.6 Å². The minimum Gasteiger partial charge on any atom is -0.382 e. The molecule has 0 radical (unpaired) electrons. The van der Waals surface area contributed by atoms with Crippen molar-refractivity contribution in [2.75, 3.05) is 5.32 Å². The summed E-state index contributed by atoms with van der Waals surface area (Å²) in [6.45, 7) is 4.36. The molecule has 2 aliphatic carbocycles. The minimum absolute atomic E-state index is 0.632. The lowest BCUT2D eigenvalue weighted by atomic mass is 9.57. The van der Waals surface area contributed by atoms with Gasteiger partial charge in [0.05, 0.1) is 0 Å². The summed E-state index contributed by atoms with van der Waals surface area (Å²) in [7, 11) is 0. The summed E-state index contributed by atoms with van der Waals surface area (Å²) < 4.78 is 1.25. The average molecular weight is 322 g/mol. The maximum atomic E-state index is 3.83. The van der Waals surface area contributed by atoms with E-state index in [0.717, 1.165) is 0 Å². The fourth-order valence-corrected chi connectivity index (χ4v) is 4.24. The first-order chi connectivity index (χ1) is 9.11. The summed E-state index contributed by atoms with van der Waals surface area (Å²) in [6, 6.07) is 5.28. The largest absolute Gasteiger partial charge is 0.382 e. The molecule has 0 aliphatic heterocycles. The number of aryl methyl sites for hydroxylation is 2. The lowest BCUT2D eigenvalue weighted by molar-refractivity contribution is 0.0571. The van der Waals surface area contributed by atoms with Crippen LogP contribution >= 0.6 is 15.9 Å². The van der Waals surface area contributed by atoms with E-state index in [4.69, 9.17) is 0 Å². The third-order valence-corrected chi connectivity index (χ3v) is 6.55. The molecule has 19 heavy (non-hydrogen) atoms. The Morgan fingerprint density at radius 2 is 1.68 bits per heavy atom. The Morgan fingerprint density at radius 1 is 1.05 bits per heavy atom. The summed E-state index contributed by atoms with van der Waals surface area (Å²) >= 11 is 3.65. The van der Waals surface area contributed by atoms with Crippen molar-refractivity contribution in [1.29, 1.82) is 0 Å². The maximum Gasteiger partial charge on any atom is 0.0348 e. The summed E-state index contributed by atoms with van der Waals surface area (Å²) in [5.74, 6) is 0. The van der Waals surface area contributed by atoms with Crippen molar-refractivity contribution in [3.63, 3.8) is 0 Å². The van der Waals surface area contributed by atoms with Crippen LogP contribution in [0.4, 0.5) is 5.69 Å². The van der Waals surface area contributed by atoms with Gasteiger partial charge in [0.1, 0.15) is 0 Å². The molecule has 1 nitrogen and oxygen atoms in total. The van der Waals surface area contributed by atoms with Crippen LogP contribution in [0.1, 0.15) is 56.1 Å². The lowest BCUT2D eigenvalue weighted by Crippen LogP contribution is -2.50. The van der Waals surface area contributed by atoms with Crippen LogP contribution in [0.25, 0.3) is 0 Å². The SMILES string of the molecule is Cc1cc(NC2CCC23CCCCC3)cc(C)c1Br. The Bertz CT molecular complexity index is 451. The Kier molecular flexibility index (Phi) is 3.63. The molecule has 3 rings (SSSR count). The molecular weight excluding hydrogens is 298 g/mol. The number of hydrogen-bond acceptors (Lipinski definition) is 1. The van der Waals surface area contributed by atoms with Gasteiger partial charge in [0.25, 0.3) is 0 Å². The number of benzene rings is 1. The van der Waals surface area contributed by atoms with Crippen LogP contribution in [0, 0.1) is 19.3 Å². The molecule has 2 fully saturated rings. The Hall–Kier alpha value is -0.500. The van der Waals surface area contributed by atoms with E-state index in [-0.39, 0.29) is 0 Å². The highest BCUT2D eigenvalue weighted by atomic mass is 79.9. The molecule has 1 aromatic carbocycles. The van der Waals surface area contributed by atoms with Crippen molar-refractivity contribution < 1.29 is 0 Å². The molecule has 104 valence electrons. The predicted octanol–water partition coefficient (Wildman–Crippen LogP) is 5.59. The van der Waals surface area contributed by atoms with Gasteiger partial charge in [0, 0.05) is 16.2 Å². The zero-order valence-corrected chi connectivity index (χ0v) is 13.6. The average Bonchev–Trinajstić information content (AvgIpc) is 2.42. The van der Waals surface area contributed by atoms with E-state index in [1.54, 1.807) is 0 Å². The molecule has 1 aromatic rings. The number of hydrogen-bond donors (Lipinski definition) is 1. The molecule has 2 saturated carbocycles. The van der Waals surface area contributed by atoms with E-state index < -0.39 is 0 Å². The molecule has 1 N–H and O–H groups in total. The van der Waals surface area contributed by atoms with E-state index >= 15 is 0 Å². The molecule has 0 heterocycles. The van der Waals surface area contributed by atoms with Crippen molar-refractivity contribution in [2.24, 2.45) is 5.41 Å². The monoisotopic (exact) mass is 321 g/mol. The van der Waals surface area contributed by atoms with E-state index in [1.165, 1.54) is 66.2 Å². The van der Waals surface area contributed by atoms with E-state index in [0.29, 0.717) is 11.5 Å². The Morgan fingerprint density at radius 3 is 2.21 bits per heavy atom. The second-order valence-corrected chi connectivity index (χ2v) is 7.38. The van der Waals surface area contributed by atoms with Crippen LogP contribution < -0.4 is 5.32 Å². The first-order valence-electron chi connectivity index (χ1n) is 7.64. The van der Waals surface area contributed by atoms with Gasteiger partial charge in [0.2, 0.25) is 0 Å². The molecular formula is C17H24BrN. The Labute approximate surface area is 125 Å². The van der Waals surface area contributed by atoms with E-state index in [2.05, 4.69) is 47.2 Å². The zero-order chi connectivity index (χ0) is 13.5. The minimum atomic E-state index is 0.632. The van der Waals surface area contributed by atoms with E-state index in [1.807, 2.05) is 0 Å². The number of rotatable bonds is 2. The molecule has 1 unspecified atom stereocenters. The van der Waals surface area contributed by atoms with Crippen molar-refractivity contribution in [1.82, 2.24) is 0 Å². The lowest BCUT2D eigenvalue weighted by Gasteiger charge is -2.52. The van der Waals surface area contributed by atoms with Gasteiger partial charge >= 0.3 is 0 Å². The van der Waals surface area contributed by atoms with Crippen LogP contribution in [-0.2, 0) is 0 Å². The first-order valence-corrected chi connectivity index (χ1v) is 8.43. The maximum absolute atomic E-state index is 3.83.